The van der Waals surface area contributed by atoms with Crippen molar-refractivity contribution < 1.29 is 17.9 Å². The van der Waals surface area contributed by atoms with Crippen molar-refractivity contribution in [2.24, 2.45) is 0 Å². The van der Waals surface area contributed by atoms with Crippen LogP contribution in [0.5, 0.6) is 0 Å². The molecule has 20 heavy (non-hydrogen) atoms. The van der Waals surface area contributed by atoms with Gasteiger partial charge in [-0.05, 0) is 30.7 Å². The first kappa shape index (κ1) is 13.5. The predicted molar refractivity (Wildman–Crippen MR) is 72.9 cm³/mol. The van der Waals surface area contributed by atoms with Gasteiger partial charge in [-0.15, -0.1) is 0 Å². The van der Waals surface area contributed by atoms with E-state index >= 15 is 0 Å². The predicted octanol–water partition coefficient (Wildman–Crippen LogP) is 0.572. The number of anilines is 1. The summed E-state index contributed by atoms with van der Waals surface area (Å²) in [6, 6.07) is 4.83. The standard InChI is InChI=1S/C13H16N2O4S/c1-9-15(5-6-19-9)20(17,18)11-3-4-12-10(7-11)8-13(16)14(12)2/h3-4,7,9H,5-6,8H2,1-2H3. The van der Waals surface area contributed by atoms with Gasteiger partial charge in [0.1, 0.15) is 6.23 Å². The summed E-state index contributed by atoms with van der Waals surface area (Å²) in [6.07, 6.45) is -0.195. The van der Waals surface area contributed by atoms with Crippen molar-refractivity contribution in [3.63, 3.8) is 0 Å². The van der Waals surface area contributed by atoms with Crippen molar-refractivity contribution in [3.8, 4) is 0 Å². The molecular weight excluding hydrogens is 280 g/mol. The first-order chi connectivity index (χ1) is 9.41. The third-order valence-electron chi connectivity index (χ3n) is 3.81. The van der Waals surface area contributed by atoms with Crippen LogP contribution in [-0.2, 0) is 26.0 Å². The number of amides is 1. The highest BCUT2D eigenvalue weighted by Gasteiger charge is 2.34. The van der Waals surface area contributed by atoms with Gasteiger partial charge in [-0.3, -0.25) is 4.79 Å². The lowest BCUT2D eigenvalue weighted by Crippen LogP contribution is -2.34. The monoisotopic (exact) mass is 296 g/mol. The van der Waals surface area contributed by atoms with Crippen molar-refractivity contribution in [2.45, 2.75) is 24.5 Å². The van der Waals surface area contributed by atoms with E-state index in [0.29, 0.717) is 13.2 Å². The molecule has 0 spiro atoms. The maximum absolute atomic E-state index is 12.6. The van der Waals surface area contributed by atoms with Gasteiger partial charge in [0, 0.05) is 19.3 Å². The van der Waals surface area contributed by atoms with Crippen molar-refractivity contribution in [1.82, 2.24) is 4.31 Å². The Bertz CT molecular complexity index is 671. The number of sulfonamides is 1. The SMILES string of the molecule is CC1OCCN1S(=O)(=O)c1ccc2c(c1)CC(=O)N2C. The minimum absolute atomic E-state index is 0.0209. The molecule has 0 radical (unpaired) electrons. The number of rotatable bonds is 2. The number of benzene rings is 1. The summed E-state index contributed by atoms with van der Waals surface area (Å²) in [4.78, 5) is 13.4. The third kappa shape index (κ3) is 1.93. The van der Waals surface area contributed by atoms with Gasteiger partial charge in [-0.1, -0.05) is 0 Å². The highest BCUT2D eigenvalue weighted by molar-refractivity contribution is 7.89. The van der Waals surface area contributed by atoms with Crippen molar-refractivity contribution in [2.75, 3.05) is 25.1 Å². The van der Waals surface area contributed by atoms with Gasteiger partial charge in [0.25, 0.3) is 0 Å². The van der Waals surface area contributed by atoms with E-state index in [0.717, 1.165) is 11.3 Å². The zero-order chi connectivity index (χ0) is 14.5. The van der Waals surface area contributed by atoms with E-state index in [1.807, 2.05) is 0 Å². The van der Waals surface area contributed by atoms with Gasteiger partial charge in [0.15, 0.2) is 0 Å². The summed E-state index contributed by atoms with van der Waals surface area (Å²) in [5, 5.41) is 0. The number of fused-ring (bicyclic) bond motifs is 1. The zero-order valence-corrected chi connectivity index (χ0v) is 12.2. The van der Waals surface area contributed by atoms with Gasteiger partial charge in [-0.25, -0.2) is 8.42 Å². The number of carbonyl (C=O) groups is 1. The van der Waals surface area contributed by atoms with E-state index in [1.54, 1.807) is 37.1 Å². The number of nitrogens with zero attached hydrogens (tertiary/aromatic N) is 2. The molecule has 1 amide bonds. The van der Waals surface area contributed by atoms with E-state index in [2.05, 4.69) is 0 Å². The Morgan fingerprint density at radius 1 is 1.35 bits per heavy atom. The third-order valence-corrected chi connectivity index (χ3v) is 5.76. The topological polar surface area (TPSA) is 66.9 Å². The summed E-state index contributed by atoms with van der Waals surface area (Å²) >= 11 is 0. The van der Waals surface area contributed by atoms with Crippen molar-refractivity contribution in [3.05, 3.63) is 23.8 Å². The van der Waals surface area contributed by atoms with Crippen LogP contribution in [0, 0.1) is 0 Å². The summed E-state index contributed by atoms with van der Waals surface area (Å²) in [5.41, 5.74) is 1.53. The maximum Gasteiger partial charge on any atom is 0.245 e. The minimum Gasteiger partial charge on any atom is -0.361 e. The average molecular weight is 296 g/mol. The molecular formula is C13H16N2O4S. The van der Waals surface area contributed by atoms with Gasteiger partial charge >= 0.3 is 0 Å². The van der Waals surface area contributed by atoms with Crippen molar-refractivity contribution in [1.29, 1.82) is 0 Å². The van der Waals surface area contributed by atoms with Crippen LogP contribution in [0.4, 0.5) is 5.69 Å². The number of ether oxygens (including phenoxy) is 1. The summed E-state index contributed by atoms with van der Waals surface area (Å²) in [5.74, 6) is -0.0209. The molecule has 1 fully saturated rings. The second-order valence-electron chi connectivity index (χ2n) is 5.01. The maximum atomic E-state index is 12.6. The fourth-order valence-corrected chi connectivity index (χ4v) is 4.20. The summed E-state index contributed by atoms with van der Waals surface area (Å²) in [7, 11) is -1.87. The van der Waals surface area contributed by atoms with Crippen LogP contribution in [0.1, 0.15) is 12.5 Å². The van der Waals surface area contributed by atoms with Gasteiger partial charge in [-0.2, -0.15) is 4.31 Å². The molecule has 0 bridgehead atoms. The molecule has 2 aliphatic heterocycles. The van der Waals surface area contributed by atoms with Gasteiger partial charge < -0.3 is 9.64 Å². The molecule has 0 N–H and O–H groups in total. The Kier molecular flexibility index (Phi) is 3.07. The number of likely N-dealkylation sites (N-methyl/N-ethyl adjacent to an activating group) is 1. The van der Waals surface area contributed by atoms with Crippen molar-refractivity contribution >= 4 is 21.6 Å². The molecule has 108 valence electrons. The van der Waals surface area contributed by atoms with E-state index in [1.165, 1.54) is 4.31 Å². The first-order valence-electron chi connectivity index (χ1n) is 6.44. The van der Waals surface area contributed by atoms with Crippen LogP contribution in [0.15, 0.2) is 23.1 Å². The van der Waals surface area contributed by atoms with Gasteiger partial charge in [0.2, 0.25) is 15.9 Å². The molecule has 0 aliphatic carbocycles. The molecule has 1 saturated heterocycles. The molecule has 6 nitrogen and oxygen atoms in total. The van der Waals surface area contributed by atoms with E-state index < -0.39 is 16.3 Å². The summed E-state index contributed by atoms with van der Waals surface area (Å²) < 4.78 is 31.7. The Morgan fingerprint density at radius 3 is 2.75 bits per heavy atom. The number of hydrogen-bond donors (Lipinski definition) is 0. The molecule has 1 atom stereocenters. The van der Waals surface area contributed by atoms with Crippen LogP contribution in [0.3, 0.4) is 0 Å². The zero-order valence-electron chi connectivity index (χ0n) is 11.4. The molecule has 0 saturated carbocycles. The highest BCUT2D eigenvalue weighted by atomic mass is 32.2. The Balaban J connectivity index is 2.00. The minimum atomic E-state index is -3.57. The second-order valence-corrected chi connectivity index (χ2v) is 6.90. The Hall–Kier alpha value is -1.44. The highest BCUT2D eigenvalue weighted by Crippen LogP contribution is 2.31. The van der Waals surface area contributed by atoms with E-state index in [-0.39, 0.29) is 17.2 Å². The normalized spacial score (nSPS) is 23.4. The Morgan fingerprint density at radius 2 is 2.10 bits per heavy atom. The fourth-order valence-electron chi connectivity index (χ4n) is 2.64. The lowest BCUT2D eigenvalue weighted by atomic mass is 10.2. The molecule has 3 rings (SSSR count). The fraction of sp³-hybridized carbons (Fsp3) is 0.462. The molecule has 1 unspecified atom stereocenters. The van der Waals surface area contributed by atoms with Gasteiger partial charge in [0.05, 0.1) is 17.9 Å². The smallest absolute Gasteiger partial charge is 0.245 e. The molecule has 7 heteroatoms. The molecule has 1 aromatic carbocycles. The van der Waals surface area contributed by atoms with Crippen LogP contribution < -0.4 is 4.90 Å². The first-order valence-corrected chi connectivity index (χ1v) is 7.88. The lowest BCUT2D eigenvalue weighted by Gasteiger charge is -2.20. The summed E-state index contributed by atoms with van der Waals surface area (Å²) in [6.45, 7) is 2.49. The largest absolute Gasteiger partial charge is 0.361 e. The lowest BCUT2D eigenvalue weighted by molar-refractivity contribution is -0.117. The molecule has 0 aromatic heterocycles. The number of carbonyl (C=O) groups excluding carboxylic acids is 1. The second kappa shape index (κ2) is 4.54. The molecule has 2 aliphatic rings. The molecule has 1 aromatic rings. The van der Waals surface area contributed by atoms with Crippen LogP contribution in [0.2, 0.25) is 0 Å². The van der Waals surface area contributed by atoms with Crippen LogP contribution in [0.25, 0.3) is 0 Å². The van der Waals surface area contributed by atoms with E-state index in [4.69, 9.17) is 4.74 Å². The average Bonchev–Trinajstić information content (AvgIpc) is 2.95. The van der Waals surface area contributed by atoms with Crippen LogP contribution >= 0.6 is 0 Å². The molecule has 2 heterocycles. The van der Waals surface area contributed by atoms with Crippen LogP contribution in [-0.4, -0.2) is 45.1 Å². The quantitative estimate of drug-likeness (QED) is 0.800. The number of hydrogen-bond acceptors (Lipinski definition) is 4. The van der Waals surface area contributed by atoms with E-state index in [9.17, 15) is 13.2 Å². The Labute approximate surface area is 118 Å².